The van der Waals surface area contributed by atoms with Gasteiger partial charge in [-0.15, -0.1) is 15.0 Å². The molecule has 1 saturated carbocycles. The largest absolute Gasteiger partial charge is 0.332 e. The number of rotatable bonds is 3. The Morgan fingerprint density at radius 2 is 1.80 bits per heavy atom. The number of benzene rings is 1. The predicted octanol–water partition coefficient (Wildman–Crippen LogP) is 2.79. The van der Waals surface area contributed by atoms with E-state index in [0.717, 1.165) is 61.5 Å². The summed E-state index contributed by atoms with van der Waals surface area (Å²) in [5.74, 6) is -0.685. The molecule has 25 heavy (non-hydrogen) atoms. The fourth-order valence-corrected chi connectivity index (χ4v) is 3.48. The smallest absolute Gasteiger partial charge is 0.226 e. The fraction of sp³-hybridized carbons (Fsp3) is 0.529. The summed E-state index contributed by atoms with van der Waals surface area (Å²) < 4.78 is 26.8. The Morgan fingerprint density at radius 1 is 1.04 bits per heavy atom. The Labute approximate surface area is 143 Å². The highest BCUT2D eigenvalue weighted by Gasteiger charge is 2.36. The molecule has 1 aromatic heterocycles. The van der Waals surface area contributed by atoms with Gasteiger partial charge in [0, 0.05) is 30.7 Å². The maximum Gasteiger partial charge on any atom is 0.226 e. The van der Waals surface area contributed by atoms with Gasteiger partial charge in [0.05, 0.1) is 11.7 Å². The van der Waals surface area contributed by atoms with Crippen LogP contribution in [0.5, 0.6) is 0 Å². The third-order valence-corrected chi connectivity index (χ3v) is 5.05. The Bertz CT molecular complexity index is 769. The molecule has 1 aromatic carbocycles. The highest BCUT2D eigenvalue weighted by molar-refractivity contribution is 5.80. The molecule has 1 atom stereocenters. The molecule has 2 aromatic rings. The summed E-state index contributed by atoms with van der Waals surface area (Å²) in [6.45, 7) is 0.698. The number of halogens is 2. The van der Waals surface area contributed by atoms with Gasteiger partial charge in [-0.2, -0.15) is 0 Å². The molecule has 1 aliphatic heterocycles. The van der Waals surface area contributed by atoms with E-state index in [1.165, 1.54) is 0 Å². The normalized spacial score (nSPS) is 21.2. The zero-order valence-corrected chi connectivity index (χ0v) is 13.7. The average molecular weight is 347 g/mol. The molecule has 1 saturated heterocycles. The van der Waals surface area contributed by atoms with E-state index in [4.69, 9.17) is 0 Å². The molecular formula is C17H19F2N5O. The zero-order chi connectivity index (χ0) is 17.4. The summed E-state index contributed by atoms with van der Waals surface area (Å²) in [6, 6.07) is 2.87. The van der Waals surface area contributed by atoms with Crippen LogP contribution in [0.4, 0.5) is 8.78 Å². The first kappa shape index (κ1) is 16.1. The molecule has 1 unspecified atom stereocenters. The van der Waals surface area contributed by atoms with E-state index in [-0.39, 0.29) is 23.6 Å². The van der Waals surface area contributed by atoms with Gasteiger partial charge >= 0.3 is 0 Å². The van der Waals surface area contributed by atoms with Crippen LogP contribution < -0.4 is 0 Å². The Morgan fingerprint density at radius 3 is 2.48 bits per heavy atom. The summed E-state index contributed by atoms with van der Waals surface area (Å²) in [4.78, 5) is 15.6. The molecule has 1 amide bonds. The van der Waals surface area contributed by atoms with E-state index in [1.54, 1.807) is 0 Å². The van der Waals surface area contributed by atoms with Crippen molar-refractivity contribution in [2.75, 3.05) is 6.54 Å². The van der Waals surface area contributed by atoms with Crippen LogP contribution in [-0.4, -0.2) is 37.6 Å². The summed E-state index contributed by atoms with van der Waals surface area (Å²) in [5, 5.41) is 12.3. The number of hydrogen-bond acceptors (Lipinski definition) is 4. The summed E-state index contributed by atoms with van der Waals surface area (Å²) in [6.07, 6.45) is 5.74. The summed E-state index contributed by atoms with van der Waals surface area (Å²) in [7, 11) is 0. The van der Waals surface area contributed by atoms with E-state index < -0.39 is 11.6 Å². The van der Waals surface area contributed by atoms with Gasteiger partial charge in [-0.25, -0.2) is 8.78 Å². The van der Waals surface area contributed by atoms with Gasteiger partial charge in [0.2, 0.25) is 5.91 Å². The molecule has 0 bridgehead atoms. The third kappa shape index (κ3) is 3.12. The quantitative estimate of drug-likeness (QED) is 0.856. The minimum absolute atomic E-state index is 0.118. The highest BCUT2D eigenvalue weighted by atomic mass is 19.1. The maximum absolute atomic E-state index is 13.4. The second-order valence-corrected chi connectivity index (χ2v) is 6.74. The predicted molar refractivity (Wildman–Crippen MR) is 84.7 cm³/mol. The zero-order valence-electron chi connectivity index (χ0n) is 13.7. The Kier molecular flexibility index (Phi) is 4.19. The number of nitrogens with zero attached hydrogens (tertiary/aromatic N) is 5. The van der Waals surface area contributed by atoms with Crippen molar-refractivity contribution in [1.82, 2.24) is 25.1 Å². The van der Waals surface area contributed by atoms with E-state index in [9.17, 15) is 13.6 Å². The van der Waals surface area contributed by atoms with Crippen molar-refractivity contribution in [1.29, 1.82) is 0 Å². The minimum Gasteiger partial charge on any atom is -0.332 e. The summed E-state index contributed by atoms with van der Waals surface area (Å²) >= 11 is 0. The van der Waals surface area contributed by atoms with Crippen molar-refractivity contribution in [3.63, 3.8) is 0 Å². The average Bonchev–Trinajstić information content (AvgIpc) is 3.02. The van der Waals surface area contributed by atoms with Gasteiger partial charge in [0.25, 0.3) is 0 Å². The number of likely N-dealkylation sites (tertiary alicyclic amines) is 1. The van der Waals surface area contributed by atoms with Crippen LogP contribution in [0.25, 0.3) is 5.69 Å². The first-order valence-corrected chi connectivity index (χ1v) is 8.69. The number of tetrazole rings is 1. The molecular weight excluding hydrogens is 328 g/mol. The molecule has 132 valence electrons. The van der Waals surface area contributed by atoms with E-state index in [1.807, 2.05) is 4.90 Å². The minimum atomic E-state index is -0.701. The number of aromatic nitrogens is 4. The van der Waals surface area contributed by atoms with Gasteiger partial charge < -0.3 is 4.90 Å². The van der Waals surface area contributed by atoms with Crippen LogP contribution in [-0.2, 0) is 4.79 Å². The fourth-order valence-electron chi connectivity index (χ4n) is 3.48. The highest BCUT2D eigenvalue weighted by Crippen LogP contribution is 2.35. The van der Waals surface area contributed by atoms with Gasteiger partial charge in [-0.3, -0.25) is 4.79 Å². The van der Waals surface area contributed by atoms with Crippen molar-refractivity contribution in [3.05, 3.63) is 35.7 Å². The van der Waals surface area contributed by atoms with E-state index in [2.05, 4.69) is 15.4 Å². The molecule has 0 N–H and O–H groups in total. The van der Waals surface area contributed by atoms with Crippen LogP contribution in [0.3, 0.4) is 0 Å². The number of carbonyl (C=O) groups is 1. The van der Waals surface area contributed by atoms with Crippen LogP contribution in [0.1, 0.15) is 50.4 Å². The number of amides is 1. The maximum atomic E-state index is 13.4. The third-order valence-electron chi connectivity index (χ3n) is 5.05. The van der Waals surface area contributed by atoms with Crippen molar-refractivity contribution >= 4 is 5.91 Å². The molecule has 2 heterocycles. The van der Waals surface area contributed by atoms with Gasteiger partial charge in [0.1, 0.15) is 11.6 Å². The van der Waals surface area contributed by atoms with Crippen LogP contribution in [0.2, 0.25) is 0 Å². The number of hydrogen-bond donors (Lipinski definition) is 0. The van der Waals surface area contributed by atoms with Gasteiger partial charge in [-0.1, -0.05) is 6.42 Å². The second kappa shape index (κ2) is 6.50. The van der Waals surface area contributed by atoms with Gasteiger partial charge in [-0.05, 0) is 37.3 Å². The molecule has 0 radical (unpaired) electrons. The SMILES string of the molecule is O=C(C1CCC1)N1CCCCC1c1nnn(-c2cc(F)cc(F)c2)n1. The molecule has 2 aliphatic rings. The molecule has 0 spiro atoms. The summed E-state index contributed by atoms with van der Waals surface area (Å²) in [5.41, 5.74) is 0.170. The Hall–Kier alpha value is -2.38. The van der Waals surface area contributed by atoms with E-state index >= 15 is 0 Å². The monoisotopic (exact) mass is 347 g/mol. The van der Waals surface area contributed by atoms with Crippen molar-refractivity contribution in [2.24, 2.45) is 5.92 Å². The van der Waals surface area contributed by atoms with Crippen molar-refractivity contribution < 1.29 is 13.6 Å². The standard InChI is InChI=1S/C17H19F2N5O/c18-12-8-13(19)10-14(9-12)24-21-16(20-22-24)15-6-1-2-7-23(15)17(25)11-4-3-5-11/h8-11,15H,1-7H2. The Balaban J connectivity index is 1.59. The molecule has 4 rings (SSSR count). The first-order chi connectivity index (χ1) is 12.1. The molecule has 8 heteroatoms. The lowest BCUT2D eigenvalue weighted by Gasteiger charge is -2.38. The molecule has 1 aliphatic carbocycles. The van der Waals surface area contributed by atoms with E-state index in [0.29, 0.717) is 12.4 Å². The lowest BCUT2D eigenvalue weighted by molar-refractivity contribution is -0.142. The number of piperidine rings is 1. The number of carbonyl (C=O) groups excluding carboxylic acids is 1. The lowest BCUT2D eigenvalue weighted by atomic mass is 9.83. The lowest BCUT2D eigenvalue weighted by Crippen LogP contribution is -2.44. The second-order valence-electron chi connectivity index (χ2n) is 6.74. The van der Waals surface area contributed by atoms with Crippen molar-refractivity contribution in [3.8, 4) is 5.69 Å². The van der Waals surface area contributed by atoms with Crippen LogP contribution in [0.15, 0.2) is 18.2 Å². The van der Waals surface area contributed by atoms with Crippen molar-refractivity contribution in [2.45, 2.75) is 44.6 Å². The van der Waals surface area contributed by atoms with Crippen LogP contribution >= 0.6 is 0 Å². The van der Waals surface area contributed by atoms with Crippen LogP contribution in [0, 0.1) is 17.6 Å². The first-order valence-electron chi connectivity index (χ1n) is 8.69. The molecule has 2 fully saturated rings. The molecule has 6 nitrogen and oxygen atoms in total. The van der Waals surface area contributed by atoms with Gasteiger partial charge in [0.15, 0.2) is 5.82 Å². The topological polar surface area (TPSA) is 63.9 Å².